The van der Waals surface area contributed by atoms with Crippen molar-refractivity contribution in [1.29, 1.82) is 0 Å². The Labute approximate surface area is 130 Å². The fourth-order valence-corrected chi connectivity index (χ4v) is 3.96. The summed E-state index contributed by atoms with van der Waals surface area (Å²) < 4.78 is 15.2. The average molecular weight is 415 g/mol. The summed E-state index contributed by atoms with van der Waals surface area (Å²) >= 11 is 14.4. The summed E-state index contributed by atoms with van der Waals surface area (Å²) in [6.07, 6.45) is 0. The number of benzene rings is 1. The summed E-state index contributed by atoms with van der Waals surface area (Å²) in [5, 5.41) is 0.472. The molecule has 0 fully saturated rings. The average Bonchev–Trinajstić information content (AvgIpc) is 2.65. The van der Waals surface area contributed by atoms with E-state index in [-0.39, 0.29) is 11.9 Å². The van der Waals surface area contributed by atoms with E-state index in [1.165, 1.54) is 29.5 Å². The van der Waals surface area contributed by atoms with E-state index in [1.807, 2.05) is 6.07 Å². The van der Waals surface area contributed by atoms with Crippen LogP contribution in [0.25, 0.3) is 0 Å². The number of rotatable bonds is 3. The predicted molar refractivity (Wildman–Crippen MR) is 80.3 cm³/mol. The summed E-state index contributed by atoms with van der Waals surface area (Å²) in [5.41, 5.74) is 3.27. The number of hydrogen-bond acceptors (Lipinski definition) is 3. The van der Waals surface area contributed by atoms with Crippen LogP contribution < -0.4 is 11.3 Å². The molecule has 0 spiro atoms. The molecule has 7 heteroatoms. The topological polar surface area (TPSA) is 38.0 Å². The summed E-state index contributed by atoms with van der Waals surface area (Å²) in [5.74, 6) is 5.22. The van der Waals surface area contributed by atoms with Crippen LogP contribution in [0.4, 0.5) is 4.39 Å². The zero-order valence-corrected chi connectivity index (χ0v) is 13.6. The lowest BCUT2D eigenvalue weighted by atomic mass is 10.1. The second-order valence-corrected chi connectivity index (χ2v) is 7.20. The molecule has 0 saturated heterocycles. The smallest absolute Gasteiger partial charge is 0.123 e. The molecule has 1 unspecified atom stereocenters. The lowest BCUT2D eigenvalue weighted by Crippen LogP contribution is -2.28. The first-order chi connectivity index (χ1) is 8.52. The lowest BCUT2D eigenvalue weighted by Gasteiger charge is -2.16. The minimum Gasteiger partial charge on any atom is -0.271 e. The fraction of sp³-hybridized carbons (Fsp3) is 0.0909. The number of hydrazine groups is 1. The van der Waals surface area contributed by atoms with Gasteiger partial charge in [-0.05, 0) is 61.7 Å². The summed E-state index contributed by atoms with van der Waals surface area (Å²) in [6, 6.07) is 5.80. The molecule has 2 nitrogen and oxygen atoms in total. The quantitative estimate of drug-likeness (QED) is 0.568. The predicted octanol–water partition coefficient (Wildman–Crippen LogP) is 4.62. The van der Waals surface area contributed by atoms with E-state index in [1.54, 1.807) is 0 Å². The highest BCUT2D eigenvalue weighted by atomic mass is 79.9. The summed E-state index contributed by atoms with van der Waals surface area (Å²) in [4.78, 5) is 0.934. The molecule has 1 heterocycles. The zero-order valence-electron chi connectivity index (χ0n) is 8.88. The molecule has 2 aromatic rings. The highest BCUT2D eigenvalue weighted by Crippen LogP contribution is 2.38. The first kappa shape index (κ1) is 14.4. The Hall–Kier alpha value is 0.0200. The first-order valence-electron chi connectivity index (χ1n) is 4.88. The van der Waals surface area contributed by atoms with Gasteiger partial charge < -0.3 is 0 Å². The van der Waals surface area contributed by atoms with E-state index >= 15 is 0 Å². The van der Waals surface area contributed by atoms with Gasteiger partial charge in [0.25, 0.3) is 0 Å². The van der Waals surface area contributed by atoms with Gasteiger partial charge in [0.2, 0.25) is 0 Å². The van der Waals surface area contributed by atoms with Crippen LogP contribution in [0.2, 0.25) is 5.02 Å². The highest BCUT2D eigenvalue weighted by molar-refractivity contribution is 9.13. The van der Waals surface area contributed by atoms with Crippen LogP contribution in [-0.4, -0.2) is 0 Å². The third kappa shape index (κ3) is 2.95. The number of hydrogen-bond donors (Lipinski definition) is 2. The Kier molecular flexibility index (Phi) is 4.80. The monoisotopic (exact) mass is 412 g/mol. The molecule has 0 bridgehead atoms. The zero-order chi connectivity index (χ0) is 13.3. The van der Waals surface area contributed by atoms with Crippen molar-refractivity contribution in [3.05, 3.63) is 53.8 Å². The molecule has 0 amide bonds. The molecule has 96 valence electrons. The normalized spacial score (nSPS) is 12.7. The molecule has 1 aromatic carbocycles. The van der Waals surface area contributed by atoms with Crippen molar-refractivity contribution in [2.75, 3.05) is 0 Å². The van der Waals surface area contributed by atoms with Gasteiger partial charge in [-0.15, -0.1) is 11.3 Å². The molecule has 1 aromatic heterocycles. The first-order valence-corrected chi connectivity index (χ1v) is 7.66. The van der Waals surface area contributed by atoms with Crippen LogP contribution >= 0.6 is 54.8 Å². The van der Waals surface area contributed by atoms with Crippen molar-refractivity contribution in [3.8, 4) is 0 Å². The minimum absolute atomic E-state index is 0.343. The Morgan fingerprint density at radius 1 is 1.33 bits per heavy atom. The van der Waals surface area contributed by atoms with Crippen LogP contribution in [0.3, 0.4) is 0 Å². The fourth-order valence-electron chi connectivity index (χ4n) is 1.57. The van der Waals surface area contributed by atoms with Crippen LogP contribution in [0, 0.1) is 5.82 Å². The molecule has 1 atom stereocenters. The maximum Gasteiger partial charge on any atom is 0.123 e. The van der Waals surface area contributed by atoms with Crippen LogP contribution in [-0.2, 0) is 0 Å². The second-order valence-electron chi connectivity index (χ2n) is 3.54. The highest BCUT2D eigenvalue weighted by Gasteiger charge is 2.19. The molecule has 3 N–H and O–H groups in total. The molecular weight excluding hydrogens is 406 g/mol. The van der Waals surface area contributed by atoms with Gasteiger partial charge in [0, 0.05) is 14.4 Å². The Balaban J connectivity index is 2.48. The third-order valence-electron chi connectivity index (χ3n) is 2.38. The Bertz CT molecular complexity index is 557. The number of nitrogens with one attached hydrogen (secondary N) is 1. The molecule has 0 aliphatic carbocycles. The van der Waals surface area contributed by atoms with Crippen molar-refractivity contribution < 1.29 is 4.39 Å². The molecule has 0 aliphatic rings. The van der Waals surface area contributed by atoms with Crippen LogP contribution in [0.1, 0.15) is 16.5 Å². The van der Waals surface area contributed by atoms with Crippen LogP contribution in [0.5, 0.6) is 0 Å². The van der Waals surface area contributed by atoms with Crippen molar-refractivity contribution >= 4 is 54.8 Å². The van der Waals surface area contributed by atoms with Crippen molar-refractivity contribution in [2.24, 2.45) is 5.84 Å². The van der Waals surface area contributed by atoms with Crippen molar-refractivity contribution in [2.45, 2.75) is 6.04 Å². The third-order valence-corrected chi connectivity index (χ3v) is 6.05. The SMILES string of the molecule is NNC(c1cc(Br)c(Br)s1)c1cc(F)ccc1Cl. The van der Waals surface area contributed by atoms with Gasteiger partial charge in [-0.25, -0.2) is 9.82 Å². The van der Waals surface area contributed by atoms with E-state index in [4.69, 9.17) is 17.4 Å². The number of halogens is 4. The van der Waals surface area contributed by atoms with Crippen molar-refractivity contribution in [1.82, 2.24) is 5.43 Å². The van der Waals surface area contributed by atoms with E-state index in [0.717, 1.165) is 13.1 Å². The largest absolute Gasteiger partial charge is 0.271 e. The van der Waals surface area contributed by atoms with Gasteiger partial charge in [0.1, 0.15) is 5.82 Å². The second kappa shape index (κ2) is 5.98. The van der Waals surface area contributed by atoms with E-state index in [9.17, 15) is 4.39 Å². The molecule has 18 heavy (non-hydrogen) atoms. The Morgan fingerprint density at radius 3 is 2.61 bits per heavy atom. The van der Waals surface area contributed by atoms with Crippen LogP contribution in [0.15, 0.2) is 32.5 Å². The standard InChI is InChI=1S/C11H8Br2ClFN2S/c12-7-4-9(18-11(7)13)10(17-16)6-3-5(15)1-2-8(6)14/h1-4,10,17H,16H2. The maximum atomic E-state index is 13.3. The lowest BCUT2D eigenvalue weighted by molar-refractivity contribution is 0.609. The van der Waals surface area contributed by atoms with E-state index in [0.29, 0.717) is 10.6 Å². The molecule has 0 saturated carbocycles. The number of thiophene rings is 1. The van der Waals surface area contributed by atoms with Gasteiger partial charge in [-0.3, -0.25) is 5.84 Å². The summed E-state index contributed by atoms with van der Waals surface area (Å²) in [7, 11) is 0. The van der Waals surface area contributed by atoms with Gasteiger partial charge >= 0.3 is 0 Å². The Morgan fingerprint density at radius 2 is 2.06 bits per heavy atom. The molecule has 0 aliphatic heterocycles. The van der Waals surface area contributed by atoms with E-state index in [2.05, 4.69) is 37.3 Å². The minimum atomic E-state index is -0.346. The molecule has 2 rings (SSSR count). The summed E-state index contributed by atoms with van der Waals surface area (Å²) in [6.45, 7) is 0. The van der Waals surface area contributed by atoms with Gasteiger partial charge in [-0.2, -0.15) is 0 Å². The van der Waals surface area contributed by atoms with Gasteiger partial charge in [0.05, 0.1) is 9.83 Å². The van der Waals surface area contributed by atoms with E-state index < -0.39 is 0 Å². The van der Waals surface area contributed by atoms with Gasteiger partial charge in [-0.1, -0.05) is 11.6 Å². The van der Waals surface area contributed by atoms with Gasteiger partial charge in [0.15, 0.2) is 0 Å². The number of nitrogens with two attached hydrogens (primary N) is 1. The van der Waals surface area contributed by atoms with Crippen molar-refractivity contribution in [3.63, 3.8) is 0 Å². The molecular formula is C11H8Br2ClFN2S. The molecule has 0 radical (unpaired) electrons. The maximum absolute atomic E-state index is 13.3.